The van der Waals surface area contributed by atoms with Crippen molar-refractivity contribution >= 4 is 23.2 Å². The number of nitrogens with two attached hydrogens (primary N) is 1. The zero-order chi connectivity index (χ0) is 12.8. The third kappa shape index (κ3) is 4.36. The fraction of sp³-hybridized carbons (Fsp3) is 0.462. The molecular weight excluding hydrogens is 236 g/mol. The Kier molecular flexibility index (Phi) is 5.45. The summed E-state index contributed by atoms with van der Waals surface area (Å²) in [6.45, 7) is 4.02. The van der Waals surface area contributed by atoms with E-state index in [0.29, 0.717) is 17.1 Å². The molecule has 1 aromatic carbocycles. The number of aryl methyl sites for hydroxylation is 1. The number of amides is 1. The van der Waals surface area contributed by atoms with Crippen LogP contribution in [0.15, 0.2) is 18.2 Å². The van der Waals surface area contributed by atoms with E-state index in [1.165, 1.54) is 0 Å². The third-order valence-electron chi connectivity index (χ3n) is 2.59. The van der Waals surface area contributed by atoms with Crippen molar-refractivity contribution in [2.24, 2.45) is 5.73 Å². The van der Waals surface area contributed by atoms with Crippen LogP contribution in [0.25, 0.3) is 0 Å². The second kappa shape index (κ2) is 6.62. The number of unbranched alkanes of at least 4 members (excludes halogenated alkanes) is 1. The summed E-state index contributed by atoms with van der Waals surface area (Å²) in [5.41, 5.74) is 7.45. The Morgan fingerprint density at radius 2 is 2.24 bits per heavy atom. The molecule has 0 bridgehead atoms. The van der Waals surface area contributed by atoms with Gasteiger partial charge >= 0.3 is 0 Å². The van der Waals surface area contributed by atoms with Gasteiger partial charge in [-0.05, 0) is 31.0 Å². The SMILES string of the molecule is CCCCC(N)C(=O)Nc1ccc(C)cc1Cl. The summed E-state index contributed by atoms with van der Waals surface area (Å²) in [5.74, 6) is -0.177. The predicted octanol–water partition coefficient (Wildman–Crippen LogP) is 3.10. The van der Waals surface area contributed by atoms with E-state index in [2.05, 4.69) is 12.2 Å². The molecule has 94 valence electrons. The summed E-state index contributed by atoms with van der Waals surface area (Å²) >= 11 is 6.03. The maximum Gasteiger partial charge on any atom is 0.241 e. The van der Waals surface area contributed by atoms with E-state index < -0.39 is 6.04 Å². The van der Waals surface area contributed by atoms with Crippen molar-refractivity contribution < 1.29 is 4.79 Å². The van der Waals surface area contributed by atoms with Crippen molar-refractivity contribution in [1.82, 2.24) is 0 Å². The van der Waals surface area contributed by atoms with Crippen molar-refractivity contribution in [3.8, 4) is 0 Å². The van der Waals surface area contributed by atoms with E-state index >= 15 is 0 Å². The van der Waals surface area contributed by atoms with Gasteiger partial charge in [0, 0.05) is 0 Å². The molecule has 3 N–H and O–H groups in total. The van der Waals surface area contributed by atoms with E-state index in [9.17, 15) is 4.79 Å². The van der Waals surface area contributed by atoms with E-state index in [1.54, 1.807) is 6.07 Å². The summed E-state index contributed by atoms with van der Waals surface area (Å²) in [5, 5.41) is 3.29. The highest BCUT2D eigenvalue weighted by molar-refractivity contribution is 6.33. The summed E-state index contributed by atoms with van der Waals surface area (Å²) in [6.07, 6.45) is 2.69. The van der Waals surface area contributed by atoms with Crippen LogP contribution in [-0.2, 0) is 4.79 Å². The Hall–Kier alpha value is -1.06. The number of anilines is 1. The number of halogens is 1. The lowest BCUT2D eigenvalue weighted by Gasteiger charge is -2.13. The van der Waals surface area contributed by atoms with Gasteiger partial charge in [-0.3, -0.25) is 4.79 Å². The number of carbonyl (C=O) groups excluding carboxylic acids is 1. The number of carbonyl (C=O) groups is 1. The van der Waals surface area contributed by atoms with E-state index in [-0.39, 0.29) is 5.91 Å². The Morgan fingerprint density at radius 1 is 1.53 bits per heavy atom. The highest BCUT2D eigenvalue weighted by atomic mass is 35.5. The highest BCUT2D eigenvalue weighted by Gasteiger charge is 2.13. The van der Waals surface area contributed by atoms with Crippen molar-refractivity contribution in [3.05, 3.63) is 28.8 Å². The summed E-state index contributed by atoms with van der Waals surface area (Å²) in [6, 6.07) is 5.04. The van der Waals surface area contributed by atoms with Crippen LogP contribution in [0.4, 0.5) is 5.69 Å². The standard InChI is InChI=1S/C13H19ClN2O/c1-3-4-5-11(15)13(17)16-12-7-6-9(2)8-10(12)14/h6-8,11H,3-5,15H2,1-2H3,(H,16,17). The minimum absolute atomic E-state index is 0.177. The molecule has 1 unspecified atom stereocenters. The van der Waals surface area contributed by atoms with Gasteiger partial charge < -0.3 is 11.1 Å². The van der Waals surface area contributed by atoms with Crippen molar-refractivity contribution in [2.75, 3.05) is 5.32 Å². The Bertz CT molecular complexity index is 393. The Labute approximate surface area is 107 Å². The molecule has 1 amide bonds. The van der Waals surface area contributed by atoms with Crippen molar-refractivity contribution in [2.45, 2.75) is 39.2 Å². The fourth-order valence-electron chi connectivity index (χ4n) is 1.50. The summed E-state index contributed by atoms with van der Waals surface area (Å²) < 4.78 is 0. The number of benzene rings is 1. The zero-order valence-electron chi connectivity index (χ0n) is 10.3. The lowest BCUT2D eigenvalue weighted by atomic mass is 10.1. The molecule has 0 heterocycles. The molecule has 1 rings (SSSR count). The first-order chi connectivity index (χ1) is 8.04. The molecule has 0 spiro atoms. The minimum Gasteiger partial charge on any atom is -0.323 e. The molecule has 0 radical (unpaired) electrons. The first kappa shape index (κ1) is 14.0. The summed E-state index contributed by atoms with van der Waals surface area (Å²) in [4.78, 5) is 11.8. The topological polar surface area (TPSA) is 55.1 Å². The largest absolute Gasteiger partial charge is 0.323 e. The zero-order valence-corrected chi connectivity index (χ0v) is 11.1. The second-order valence-corrected chi connectivity index (χ2v) is 4.63. The smallest absolute Gasteiger partial charge is 0.241 e. The van der Waals surface area contributed by atoms with E-state index in [1.807, 2.05) is 19.1 Å². The molecule has 0 aromatic heterocycles. The van der Waals surface area contributed by atoms with Gasteiger partial charge in [-0.1, -0.05) is 37.4 Å². The van der Waals surface area contributed by atoms with Gasteiger partial charge in [0.05, 0.1) is 16.8 Å². The van der Waals surface area contributed by atoms with Gasteiger partial charge in [0.15, 0.2) is 0 Å². The van der Waals surface area contributed by atoms with E-state index in [4.69, 9.17) is 17.3 Å². The lowest BCUT2D eigenvalue weighted by molar-refractivity contribution is -0.117. The predicted molar refractivity (Wildman–Crippen MR) is 72.3 cm³/mol. The van der Waals surface area contributed by atoms with E-state index in [0.717, 1.165) is 18.4 Å². The van der Waals surface area contributed by atoms with Crippen molar-refractivity contribution in [1.29, 1.82) is 0 Å². The maximum atomic E-state index is 11.8. The monoisotopic (exact) mass is 254 g/mol. The highest BCUT2D eigenvalue weighted by Crippen LogP contribution is 2.22. The van der Waals surface area contributed by atoms with Crippen LogP contribution in [-0.4, -0.2) is 11.9 Å². The normalized spacial score (nSPS) is 12.2. The number of hydrogen-bond acceptors (Lipinski definition) is 2. The molecule has 0 aliphatic rings. The number of hydrogen-bond donors (Lipinski definition) is 2. The number of nitrogens with one attached hydrogen (secondary N) is 1. The van der Waals surface area contributed by atoms with Crippen LogP contribution >= 0.6 is 11.6 Å². The van der Waals surface area contributed by atoms with Crippen LogP contribution in [0.5, 0.6) is 0 Å². The van der Waals surface area contributed by atoms with Gasteiger partial charge in [0.1, 0.15) is 0 Å². The van der Waals surface area contributed by atoms with Crippen molar-refractivity contribution in [3.63, 3.8) is 0 Å². The van der Waals surface area contributed by atoms with Crippen LogP contribution in [0.1, 0.15) is 31.7 Å². The molecule has 0 saturated heterocycles. The molecule has 0 aliphatic carbocycles. The Morgan fingerprint density at radius 3 is 2.82 bits per heavy atom. The molecule has 4 heteroatoms. The Balaban J connectivity index is 2.61. The molecule has 17 heavy (non-hydrogen) atoms. The molecular formula is C13H19ClN2O. The van der Waals surface area contributed by atoms with Crippen LogP contribution in [0.2, 0.25) is 5.02 Å². The fourth-order valence-corrected chi connectivity index (χ4v) is 1.78. The molecule has 3 nitrogen and oxygen atoms in total. The third-order valence-corrected chi connectivity index (χ3v) is 2.90. The average molecular weight is 255 g/mol. The first-order valence-corrected chi connectivity index (χ1v) is 6.25. The van der Waals surface area contributed by atoms with Crippen LogP contribution < -0.4 is 11.1 Å². The quantitative estimate of drug-likeness (QED) is 0.848. The maximum absolute atomic E-state index is 11.8. The van der Waals surface area contributed by atoms with Gasteiger partial charge in [0.2, 0.25) is 5.91 Å². The van der Waals surface area contributed by atoms with Crippen LogP contribution in [0, 0.1) is 6.92 Å². The first-order valence-electron chi connectivity index (χ1n) is 5.87. The molecule has 0 saturated carbocycles. The van der Waals surface area contributed by atoms with Crippen LogP contribution in [0.3, 0.4) is 0 Å². The van der Waals surface area contributed by atoms with Gasteiger partial charge in [-0.2, -0.15) is 0 Å². The van der Waals surface area contributed by atoms with Gasteiger partial charge in [-0.25, -0.2) is 0 Å². The lowest BCUT2D eigenvalue weighted by Crippen LogP contribution is -2.35. The second-order valence-electron chi connectivity index (χ2n) is 4.22. The molecule has 1 aromatic rings. The summed E-state index contributed by atoms with van der Waals surface area (Å²) in [7, 11) is 0. The van der Waals surface area contributed by atoms with Gasteiger partial charge in [-0.15, -0.1) is 0 Å². The number of rotatable bonds is 5. The van der Waals surface area contributed by atoms with Gasteiger partial charge in [0.25, 0.3) is 0 Å². The minimum atomic E-state index is -0.465. The molecule has 0 fully saturated rings. The molecule has 0 aliphatic heterocycles. The average Bonchev–Trinajstić information content (AvgIpc) is 2.29. The molecule has 1 atom stereocenters.